The van der Waals surface area contributed by atoms with Crippen LogP contribution in [-0.2, 0) is 24.0 Å². The van der Waals surface area contributed by atoms with E-state index < -0.39 is 0 Å². The Morgan fingerprint density at radius 1 is 1.14 bits per heavy atom. The lowest BCUT2D eigenvalue weighted by molar-refractivity contribution is 0.170. The predicted octanol–water partition coefficient (Wildman–Crippen LogP) is 6.49. The fourth-order valence-corrected chi connectivity index (χ4v) is 5.39. The zero-order chi connectivity index (χ0) is 19.9. The van der Waals surface area contributed by atoms with E-state index in [0.29, 0.717) is 12.5 Å². The van der Waals surface area contributed by atoms with Crippen LogP contribution in [0.5, 0.6) is 0 Å². The average Bonchev–Trinajstić information content (AvgIpc) is 3.14. The molecule has 0 bridgehead atoms. The Bertz CT molecular complexity index is 796. The summed E-state index contributed by atoms with van der Waals surface area (Å²) in [6, 6.07) is 9.40. The van der Waals surface area contributed by atoms with Gasteiger partial charge in [-0.2, -0.15) is 0 Å². The average molecular weight is 400 g/mol. The van der Waals surface area contributed by atoms with Crippen molar-refractivity contribution in [2.24, 2.45) is 0 Å². The molecule has 0 aliphatic heterocycles. The van der Waals surface area contributed by atoms with Gasteiger partial charge in [-0.25, -0.2) is 4.79 Å². The minimum Gasteiger partial charge on any atom is -0.453 e. The molecule has 1 aromatic carbocycles. The van der Waals surface area contributed by atoms with Crippen molar-refractivity contribution >= 4 is 17.4 Å². The van der Waals surface area contributed by atoms with Crippen LogP contribution in [0.25, 0.3) is 11.1 Å². The van der Waals surface area contributed by atoms with Gasteiger partial charge in [-0.1, -0.05) is 51.3 Å². The zero-order valence-electron chi connectivity index (χ0n) is 17.5. The molecule has 1 amide bonds. The van der Waals surface area contributed by atoms with Crippen molar-refractivity contribution in [1.82, 2.24) is 5.32 Å². The van der Waals surface area contributed by atoms with Gasteiger partial charge in [0, 0.05) is 22.2 Å². The van der Waals surface area contributed by atoms with E-state index in [1.807, 2.05) is 11.3 Å². The summed E-state index contributed by atoms with van der Waals surface area (Å²) < 4.78 is 4.73. The molecule has 0 radical (unpaired) electrons. The van der Waals surface area contributed by atoms with E-state index in [2.05, 4.69) is 43.4 Å². The molecule has 4 heteroatoms. The zero-order valence-corrected chi connectivity index (χ0v) is 18.3. The van der Waals surface area contributed by atoms with Crippen LogP contribution in [0.1, 0.15) is 72.8 Å². The van der Waals surface area contributed by atoms with Gasteiger partial charge >= 0.3 is 6.09 Å². The van der Waals surface area contributed by atoms with Crippen LogP contribution in [0.2, 0.25) is 0 Å². The summed E-state index contributed by atoms with van der Waals surface area (Å²) in [5, 5.41) is 2.88. The van der Waals surface area contributed by atoms with E-state index in [-0.39, 0.29) is 6.09 Å². The van der Waals surface area contributed by atoms with Crippen LogP contribution < -0.4 is 5.32 Å². The number of rotatable bonds is 9. The molecule has 2 aromatic rings. The van der Waals surface area contributed by atoms with E-state index >= 15 is 0 Å². The number of amides is 1. The minimum absolute atomic E-state index is 0.336. The number of alkyl carbamates (subject to hydrolysis) is 1. The quantitative estimate of drug-likeness (QED) is 0.490. The molecule has 1 aromatic heterocycles. The highest BCUT2D eigenvalue weighted by atomic mass is 32.1. The van der Waals surface area contributed by atoms with Gasteiger partial charge in [0.15, 0.2) is 0 Å². The van der Waals surface area contributed by atoms with E-state index in [9.17, 15) is 4.79 Å². The monoisotopic (exact) mass is 399 g/mol. The minimum atomic E-state index is -0.349. The number of unbranched alkanes of at least 4 members (excludes halogenated alkanes) is 2. The van der Waals surface area contributed by atoms with E-state index in [4.69, 9.17) is 4.74 Å². The lowest BCUT2D eigenvalue weighted by Crippen LogP contribution is -2.28. The molecule has 1 heterocycles. The molecular formula is C24H33NO2S. The van der Waals surface area contributed by atoms with Crippen molar-refractivity contribution in [3.63, 3.8) is 0 Å². The Morgan fingerprint density at radius 2 is 2.00 bits per heavy atom. The van der Waals surface area contributed by atoms with Gasteiger partial charge in [0.1, 0.15) is 0 Å². The molecule has 1 unspecified atom stereocenters. The third kappa shape index (κ3) is 4.96. The molecule has 28 heavy (non-hydrogen) atoms. The first-order chi connectivity index (χ1) is 13.7. The highest BCUT2D eigenvalue weighted by Gasteiger charge is 2.21. The summed E-state index contributed by atoms with van der Waals surface area (Å²) in [6.45, 7) is 5.09. The molecule has 1 aliphatic rings. The van der Waals surface area contributed by atoms with Gasteiger partial charge < -0.3 is 10.1 Å². The van der Waals surface area contributed by atoms with Gasteiger partial charge in [0.25, 0.3) is 0 Å². The van der Waals surface area contributed by atoms with E-state index in [0.717, 1.165) is 25.7 Å². The first-order valence-electron chi connectivity index (χ1n) is 10.7. The van der Waals surface area contributed by atoms with Gasteiger partial charge in [0.2, 0.25) is 0 Å². The Hall–Kier alpha value is -1.81. The van der Waals surface area contributed by atoms with Crippen molar-refractivity contribution in [2.45, 2.75) is 71.1 Å². The molecule has 0 fully saturated rings. The summed E-state index contributed by atoms with van der Waals surface area (Å²) in [7, 11) is 1.41. The molecule has 3 nitrogen and oxygen atoms in total. The lowest BCUT2D eigenvalue weighted by Gasteiger charge is -2.22. The topological polar surface area (TPSA) is 38.3 Å². The Kier molecular flexibility index (Phi) is 7.55. The fraction of sp³-hybridized carbons (Fsp3) is 0.542. The molecular weight excluding hydrogens is 366 g/mol. The smallest absolute Gasteiger partial charge is 0.406 e. The number of fused-ring (bicyclic) bond motifs is 3. The van der Waals surface area contributed by atoms with Crippen LogP contribution >= 0.6 is 11.3 Å². The summed E-state index contributed by atoms with van der Waals surface area (Å²) in [5.41, 5.74) is 5.67. The first kappa shape index (κ1) is 20.9. The molecule has 1 aliphatic carbocycles. The molecule has 0 saturated heterocycles. The normalized spacial score (nSPS) is 13.5. The van der Waals surface area contributed by atoms with Gasteiger partial charge in [-0.05, 0) is 60.4 Å². The maximum Gasteiger partial charge on any atom is 0.406 e. The summed E-state index contributed by atoms with van der Waals surface area (Å²) in [4.78, 5) is 14.6. The third-order valence-corrected chi connectivity index (χ3v) is 6.97. The number of ether oxygens (including phenoxy) is 1. The van der Waals surface area contributed by atoms with E-state index in [1.54, 1.807) is 9.75 Å². The van der Waals surface area contributed by atoms with Crippen molar-refractivity contribution in [3.05, 3.63) is 45.1 Å². The number of methoxy groups -OCH3 is 1. The number of thiophene rings is 1. The van der Waals surface area contributed by atoms with Crippen LogP contribution in [0.15, 0.2) is 24.3 Å². The second-order valence-corrected chi connectivity index (χ2v) is 9.00. The highest BCUT2D eigenvalue weighted by Crippen LogP contribution is 2.40. The van der Waals surface area contributed by atoms with Crippen LogP contribution in [0.3, 0.4) is 0 Å². The fourth-order valence-electron chi connectivity index (χ4n) is 4.17. The lowest BCUT2D eigenvalue weighted by atomic mass is 9.85. The summed E-state index contributed by atoms with van der Waals surface area (Å²) in [6.07, 6.45) is 9.20. The Morgan fingerprint density at radius 3 is 2.75 bits per heavy atom. The molecule has 0 saturated carbocycles. The van der Waals surface area contributed by atoms with Crippen LogP contribution in [-0.4, -0.2) is 19.7 Å². The molecule has 1 N–H and O–H groups in total. The molecule has 0 spiro atoms. The van der Waals surface area contributed by atoms with E-state index in [1.165, 1.54) is 55.0 Å². The number of hydrogen-bond acceptors (Lipinski definition) is 3. The Labute approximate surface area is 173 Å². The first-order valence-corrected chi connectivity index (χ1v) is 11.5. The van der Waals surface area contributed by atoms with Crippen LogP contribution in [0.4, 0.5) is 4.79 Å². The number of carbonyl (C=O) groups excluding carboxylic acids is 1. The summed E-state index contributed by atoms with van der Waals surface area (Å²) in [5.74, 6) is 0.336. The maximum absolute atomic E-state index is 11.5. The second-order valence-electron chi connectivity index (χ2n) is 7.78. The molecule has 152 valence electrons. The molecule has 1 atom stereocenters. The van der Waals surface area contributed by atoms with Gasteiger partial charge in [-0.3, -0.25) is 0 Å². The number of aryl methyl sites for hydroxylation is 3. The maximum atomic E-state index is 11.5. The predicted molar refractivity (Wildman–Crippen MR) is 118 cm³/mol. The van der Waals surface area contributed by atoms with Crippen molar-refractivity contribution < 1.29 is 9.53 Å². The SMILES string of the molecule is CCCCCc1cc2c(s1)CCc1cc(C(CCC)CNC(=O)OC)ccc1-2. The second kappa shape index (κ2) is 10.1. The third-order valence-electron chi connectivity index (χ3n) is 5.71. The number of hydrogen-bond donors (Lipinski definition) is 1. The van der Waals surface area contributed by atoms with Gasteiger partial charge in [-0.15, -0.1) is 11.3 Å². The Balaban J connectivity index is 1.78. The number of nitrogens with one attached hydrogen (secondary N) is 1. The van der Waals surface area contributed by atoms with Crippen molar-refractivity contribution in [3.8, 4) is 11.1 Å². The van der Waals surface area contributed by atoms with Crippen molar-refractivity contribution in [2.75, 3.05) is 13.7 Å². The number of carbonyl (C=O) groups is 1. The van der Waals surface area contributed by atoms with Crippen LogP contribution in [0, 0.1) is 0 Å². The van der Waals surface area contributed by atoms with Gasteiger partial charge in [0.05, 0.1) is 7.11 Å². The molecule has 3 rings (SSSR count). The standard InChI is InChI=1S/C24H33NO2S/c1-4-6-7-9-20-15-22-21-12-10-17(14-18(21)11-13-23(22)28-20)19(8-5-2)16-25-24(26)27-3/h10,12,14-15,19H,4-9,11,13,16H2,1-3H3,(H,25,26). The van der Waals surface area contributed by atoms with Crippen molar-refractivity contribution in [1.29, 1.82) is 0 Å². The largest absolute Gasteiger partial charge is 0.453 e. The summed E-state index contributed by atoms with van der Waals surface area (Å²) >= 11 is 2.02. The number of benzene rings is 1. The highest BCUT2D eigenvalue weighted by molar-refractivity contribution is 7.12.